The lowest BCUT2D eigenvalue weighted by molar-refractivity contribution is 1.10. The van der Waals surface area contributed by atoms with Gasteiger partial charge >= 0.3 is 0 Å². The molecule has 0 aliphatic heterocycles. The average molecular weight is 264 g/mol. The molecule has 0 bridgehead atoms. The molecule has 0 amide bonds. The number of aromatic amines is 1. The van der Waals surface area contributed by atoms with Gasteiger partial charge in [0.1, 0.15) is 0 Å². The maximum Gasteiger partial charge on any atom is 0.155 e. The number of nitrogens with one attached hydrogen (secondary N) is 1. The zero-order valence-corrected chi connectivity index (χ0v) is 11.5. The maximum atomic E-state index is 6.00. The van der Waals surface area contributed by atoms with Crippen LogP contribution in [0.15, 0.2) is 42.6 Å². The van der Waals surface area contributed by atoms with E-state index < -0.39 is 0 Å². The number of rotatable bonds is 2. The fourth-order valence-corrected chi connectivity index (χ4v) is 2.45. The molecule has 4 heteroatoms. The lowest BCUT2D eigenvalue weighted by Gasteiger charge is -2.06. The first kappa shape index (κ1) is 12.4. The Morgan fingerprint density at radius 3 is 2.45 bits per heavy atom. The minimum absolute atomic E-state index is 0.470. The summed E-state index contributed by atoms with van der Waals surface area (Å²) in [6.07, 6.45) is 1.76. The van der Waals surface area contributed by atoms with Gasteiger partial charge in [0.15, 0.2) is 5.82 Å². The van der Waals surface area contributed by atoms with Gasteiger partial charge in [-0.3, -0.25) is 10.1 Å². The topological polar surface area (TPSA) is 67.6 Å². The Balaban J connectivity index is 2.21. The second kappa shape index (κ2) is 4.81. The number of aryl methyl sites for hydroxylation is 2. The van der Waals surface area contributed by atoms with Crippen molar-refractivity contribution in [1.29, 1.82) is 0 Å². The predicted molar refractivity (Wildman–Crippen MR) is 81.1 cm³/mol. The number of H-pyrrole nitrogens is 1. The summed E-state index contributed by atoms with van der Waals surface area (Å²) < 4.78 is 0. The number of nitrogens with zero attached hydrogens (tertiary/aromatic N) is 2. The molecule has 1 aromatic carbocycles. The molecule has 3 rings (SSSR count). The van der Waals surface area contributed by atoms with Gasteiger partial charge in [0.05, 0.1) is 17.0 Å². The molecule has 0 unspecified atom stereocenters. The van der Waals surface area contributed by atoms with E-state index in [1.165, 1.54) is 11.1 Å². The highest BCUT2D eigenvalue weighted by Gasteiger charge is 2.15. The van der Waals surface area contributed by atoms with Gasteiger partial charge in [0, 0.05) is 11.8 Å². The SMILES string of the molecule is Cc1cc(C)cc(-c2[nH]nc(N)c2-c2ccccn2)c1. The third kappa shape index (κ3) is 2.16. The van der Waals surface area contributed by atoms with Crippen LogP contribution in [-0.4, -0.2) is 15.2 Å². The molecule has 0 saturated heterocycles. The molecule has 4 nitrogen and oxygen atoms in total. The molecule has 0 fully saturated rings. The number of aromatic nitrogens is 3. The van der Waals surface area contributed by atoms with Gasteiger partial charge < -0.3 is 5.73 Å². The van der Waals surface area contributed by atoms with E-state index in [0.717, 1.165) is 22.5 Å². The lowest BCUT2D eigenvalue weighted by atomic mass is 10.0. The average Bonchev–Trinajstić information content (AvgIpc) is 2.80. The zero-order valence-electron chi connectivity index (χ0n) is 11.5. The van der Waals surface area contributed by atoms with E-state index in [1.807, 2.05) is 18.2 Å². The van der Waals surface area contributed by atoms with Crippen molar-refractivity contribution in [3.8, 4) is 22.5 Å². The molecule has 2 heterocycles. The minimum atomic E-state index is 0.470. The highest BCUT2D eigenvalue weighted by atomic mass is 15.2. The monoisotopic (exact) mass is 264 g/mol. The first-order valence-electron chi connectivity index (χ1n) is 6.49. The van der Waals surface area contributed by atoms with Crippen LogP contribution < -0.4 is 5.73 Å². The van der Waals surface area contributed by atoms with Gasteiger partial charge in [0.2, 0.25) is 0 Å². The number of hydrogen-bond acceptors (Lipinski definition) is 3. The van der Waals surface area contributed by atoms with Crippen molar-refractivity contribution in [1.82, 2.24) is 15.2 Å². The number of benzene rings is 1. The van der Waals surface area contributed by atoms with E-state index in [-0.39, 0.29) is 0 Å². The van der Waals surface area contributed by atoms with Crippen LogP contribution in [0.25, 0.3) is 22.5 Å². The molecular formula is C16H16N4. The first-order valence-corrected chi connectivity index (χ1v) is 6.49. The molecule has 0 saturated carbocycles. The van der Waals surface area contributed by atoms with Gasteiger partial charge in [-0.15, -0.1) is 0 Å². The van der Waals surface area contributed by atoms with E-state index in [1.54, 1.807) is 6.20 Å². The lowest BCUT2D eigenvalue weighted by Crippen LogP contribution is -1.91. The van der Waals surface area contributed by atoms with Crippen molar-refractivity contribution in [2.75, 3.05) is 5.73 Å². The van der Waals surface area contributed by atoms with E-state index in [4.69, 9.17) is 5.73 Å². The highest BCUT2D eigenvalue weighted by molar-refractivity contribution is 5.86. The number of pyridine rings is 1. The van der Waals surface area contributed by atoms with E-state index in [9.17, 15) is 0 Å². The number of anilines is 1. The zero-order chi connectivity index (χ0) is 14.1. The maximum absolute atomic E-state index is 6.00. The van der Waals surface area contributed by atoms with Crippen LogP contribution in [0.3, 0.4) is 0 Å². The molecule has 0 aliphatic rings. The van der Waals surface area contributed by atoms with Crippen molar-refractivity contribution in [2.45, 2.75) is 13.8 Å². The third-order valence-corrected chi connectivity index (χ3v) is 3.23. The second-order valence-corrected chi connectivity index (χ2v) is 4.95. The number of nitrogen functional groups attached to an aromatic ring is 1. The Kier molecular flexibility index (Phi) is 2.99. The Morgan fingerprint density at radius 2 is 1.80 bits per heavy atom. The van der Waals surface area contributed by atoms with Crippen LogP contribution in [0, 0.1) is 13.8 Å². The highest BCUT2D eigenvalue weighted by Crippen LogP contribution is 2.34. The largest absolute Gasteiger partial charge is 0.382 e. The summed E-state index contributed by atoms with van der Waals surface area (Å²) in [5.41, 5.74) is 12.1. The quantitative estimate of drug-likeness (QED) is 0.746. The van der Waals surface area contributed by atoms with E-state index in [2.05, 4.69) is 47.2 Å². The third-order valence-electron chi connectivity index (χ3n) is 3.23. The van der Waals surface area contributed by atoms with Crippen LogP contribution in [0.2, 0.25) is 0 Å². The fourth-order valence-electron chi connectivity index (χ4n) is 2.45. The van der Waals surface area contributed by atoms with Gasteiger partial charge in [-0.1, -0.05) is 23.3 Å². The standard InChI is InChI=1S/C16H16N4/c1-10-7-11(2)9-12(8-10)15-14(16(17)20-19-15)13-5-3-4-6-18-13/h3-9H,1-2H3,(H3,17,19,20). The summed E-state index contributed by atoms with van der Waals surface area (Å²) in [5.74, 6) is 0.470. The van der Waals surface area contributed by atoms with Crippen molar-refractivity contribution in [2.24, 2.45) is 0 Å². The van der Waals surface area contributed by atoms with Crippen molar-refractivity contribution >= 4 is 5.82 Å². The molecule has 3 N–H and O–H groups in total. The summed E-state index contributed by atoms with van der Waals surface area (Å²) in [5, 5.41) is 7.17. The second-order valence-electron chi connectivity index (χ2n) is 4.95. The molecule has 0 spiro atoms. The van der Waals surface area contributed by atoms with Crippen LogP contribution in [0.1, 0.15) is 11.1 Å². The van der Waals surface area contributed by atoms with E-state index >= 15 is 0 Å². The Bertz CT molecular complexity index is 724. The normalized spacial score (nSPS) is 10.7. The molecular weight excluding hydrogens is 248 g/mol. The molecule has 20 heavy (non-hydrogen) atoms. The van der Waals surface area contributed by atoms with Crippen molar-refractivity contribution < 1.29 is 0 Å². The van der Waals surface area contributed by atoms with E-state index in [0.29, 0.717) is 5.82 Å². The predicted octanol–water partition coefficient (Wildman–Crippen LogP) is 3.34. The number of nitrogens with two attached hydrogens (primary N) is 1. The van der Waals surface area contributed by atoms with Crippen LogP contribution >= 0.6 is 0 Å². The van der Waals surface area contributed by atoms with Gasteiger partial charge in [-0.05, 0) is 38.1 Å². The Labute approximate surface area is 117 Å². The first-order chi connectivity index (χ1) is 9.65. The summed E-state index contributed by atoms with van der Waals surface area (Å²) in [6, 6.07) is 12.1. The smallest absolute Gasteiger partial charge is 0.155 e. The van der Waals surface area contributed by atoms with Gasteiger partial charge in [-0.2, -0.15) is 5.10 Å². The summed E-state index contributed by atoms with van der Waals surface area (Å²) in [4.78, 5) is 4.37. The Morgan fingerprint density at radius 1 is 1.05 bits per heavy atom. The molecule has 3 aromatic rings. The molecule has 0 radical (unpaired) electrons. The summed E-state index contributed by atoms with van der Waals surface area (Å²) in [7, 11) is 0. The van der Waals surface area contributed by atoms with Crippen LogP contribution in [0.5, 0.6) is 0 Å². The van der Waals surface area contributed by atoms with Gasteiger partial charge in [0.25, 0.3) is 0 Å². The minimum Gasteiger partial charge on any atom is -0.382 e. The van der Waals surface area contributed by atoms with Crippen molar-refractivity contribution in [3.05, 3.63) is 53.7 Å². The fraction of sp³-hybridized carbons (Fsp3) is 0.125. The summed E-state index contributed by atoms with van der Waals surface area (Å²) in [6.45, 7) is 4.16. The van der Waals surface area contributed by atoms with Crippen LogP contribution in [0.4, 0.5) is 5.82 Å². The van der Waals surface area contributed by atoms with Crippen LogP contribution in [-0.2, 0) is 0 Å². The molecule has 100 valence electrons. The molecule has 0 aliphatic carbocycles. The summed E-state index contributed by atoms with van der Waals surface area (Å²) >= 11 is 0. The number of hydrogen-bond donors (Lipinski definition) is 2. The molecule has 2 aromatic heterocycles. The molecule has 0 atom stereocenters. The van der Waals surface area contributed by atoms with Crippen molar-refractivity contribution in [3.63, 3.8) is 0 Å². The Hall–Kier alpha value is -2.62. The van der Waals surface area contributed by atoms with Gasteiger partial charge in [-0.25, -0.2) is 0 Å².